The van der Waals surface area contributed by atoms with Crippen molar-refractivity contribution in [1.29, 1.82) is 0 Å². The number of para-hydroxylation sites is 1. The number of amides is 1. The van der Waals surface area contributed by atoms with Crippen molar-refractivity contribution >= 4 is 52.4 Å². The van der Waals surface area contributed by atoms with Crippen LogP contribution in [-0.2, 0) is 0 Å². The van der Waals surface area contributed by atoms with Crippen LogP contribution in [-0.4, -0.2) is 28.1 Å². The fourth-order valence-corrected chi connectivity index (χ4v) is 4.13. The normalized spacial score (nSPS) is 10.6. The molecule has 0 atom stereocenters. The van der Waals surface area contributed by atoms with Crippen molar-refractivity contribution in [2.75, 3.05) is 4.90 Å². The third-order valence-corrected chi connectivity index (χ3v) is 5.84. The smallest absolute Gasteiger partial charge is 0.337 e. The van der Waals surface area contributed by atoms with Gasteiger partial charge in [-0.05, 0) is 65.7 Å². The van der Waals surface area contributed by atoms with Gasteiger partial charge in [0.1, 0.15) is 0 Å². The van der Waals surface area contributed by atoms with E-state index in [4.69, 9.17) is 23.2 Å². The minimum absolute atomic E-state index is 0.0712. The number of hydrogen-bond acceptors (Lipinski definition) is 3. The second kappa shape index (κ2) is 10.0. The van der Waals surface area contributed by atoms with Gasteiger partial charge in [0.2, 0.25) is 0 Å². The van der Waals surface area contributed by atoms with E-state index in [-0.39, 0.29) is 27.4 Å². The fraction of sp³-hybridized carbons (Fsp3) is 0. The van der Waals surface area contributed by atoms with Crippen molar-refractivity contribution in [2.24, 2.45) is 0 Å². The van der Waals surface area contributed by atoms with Crippen LogP contribution in [0.1, 0.15) is 31.1 Å². The summed E-state index contributed by atoms with van der Waals surface area (Å²) in [7, 11) is 0. The third-order valence-electron chi connectivity index (χ3n) is 5.29. The molecular weight excluding hydrogens is 489 g/mol. The lowest BCUT2D eigenvalue weighted by Crippen LogP contribution is -2.28. The van der Waals surface area contributed by atoms with E-state index in [0.717, 1.165) is 0 Å². The summed E-state index contributed by atoms with van der Waals surface area (Å²) in [6.07, 6.45) is 0. The fourth-order valence-electron chi connectivity index (χ4n) is 3.64. The Balaban J connectivity index is 1.89. The maximum atomic E-state index is 13.7. The number of carbonyl (C=O) groups excluding carboxylic acids is 1. The number of carboxylic acids is 2. The van der Waals surface area contributed by atoms with Crippen LogP contribution in [0.4, 0.5) is 11.4 Å². The van der Waals surface area contributed by atoms with Gasteiger partial charge in [0.05, 0.1) is 27.4 Å². The zero-order valence-electron chi connectivity index (χ0n) is 18.0. The highest BCUT2D eigenvalue weighted by Crippen LogP contribution is 2.35. The molecule has 4 aromatic rings. The lowest BCUT2D eigenvalue weighted by atomic mass is 9.99. The molecule has 0 radical (unpaired) electrons. The van der Waals surface area contributed by atoms with Crippen molar-refractivity contribution in [3.8, 4) is 11.1 Å². The predicted molar refractivity (Wildman–Crippen MR) is 135 cm³/mol. The lowest BCUT2D eigenvalue weighted by Gasteiger charge is -2.25. The molecule has 0 heterocycles. The molecule has 0 saturated heterocycles. The van der Waals surface area contributed by atoms with Gasteiger partial charge in [-0.2, -0.15) is 0 Å². The van der Waals surface area contributed by atoms with Crippen LogP contribution in [0.15, 0.2) is 91.0 Å². The second-order valence-electron chi connectivity index (χ2n) is 7.52. The van der Waals surface area contributed by atoms with E-state index in [0.29, 0.717) is 21.8 Å². The predicted octanol–water partition coefficient (Wildman–Crippen LogP) is 7.04. The molecule has 2 N–H and O–H groups in total. The van der Waals surface area contributed by atoms with E-state index in [1.807, 2.05) is 0 Å². The Morgan fingerprint density at radius 1 is 0.657 bits per heavy atom. The number of carboxylic acid groups (broad SMARTS) is 2. The quantitative estimate of drug-likeness (QED) is 0.293. The summed E-state index contributed by atoms with van der Waals surface area (Å²) in [5.41, 5.74) is 1.64. The highest BCUT2D eigenvalue weighted by molar-refractivity contribution is 6.37. The second-order valence-corrected chi connectivity index (χ2v) is 8.37. The zero-order chi connectivity index (χ0) is 25.1. The lowest BCUT2D eigenvalue weighted by molar-refractivity contribution is 0.0686. The van der Waals surface area contributed by atoms with E-state index in [2.05, 4.69) is 0 Å². The van der Waals surface area contributed by atoms with Gasteiger partial charge in [-0.1, -0.05) is 59.6 Å². The minimum atomic E-state index is -1.26. The van der Waals surface area contributed by atoms with Crippen molar-refractivity contribution in [1.82, 2.24) is 0 Å². The number of hydrogen-bond donors (Lipinski definition) is 2. The Hall–Kier alpha value is -4.13. The first-order chi connectivity index (χ1) is 16.8. The van der Waals surface area contributed by atoms with Crippen molar-refractivity contribution in [3.05, 3.63) is 118 Å². The van der Waals surface area contributed by atoms with Crippen molar-refractivity contribution < 1.29 is 24.6 Å². The molecule has 0 saturated carbocycles. The first kappa shape index (κ1) is 24.0. The molecule has 35 heavy (non-hydrogen) atoms. The summed E-state index contributed by atoms with van der Waals surface area (Å²) in [6.45, 7) is 0. The largest absolute Gasteiger partial charge is 0.478 e. The number of anilines is 2. The van der Waals surface area contributed by atoms with Gasteiger partial charge in [-0.25, -0.2) is 9.59 Å². The first-order valence-corrected chi connectivity index (χ1v) is 11.1. The number of carbonyl (C=O) groups is 3. The van der Waals surface area contributed by atoms with Crippen molar-refractivity contribution in [3.63, 3.8) is 0 Å². The molecule has 0 fully saturated rings. The first-order valence-electron chi connectivity index (χ1n) is 10.3. The van der Waals surface area contributed by atoms with Crippen LogP contribution in [0, 0.1) is 0 Å². The van der Waals surface area contributed by atoms with E-state index in [1.54, 1.807) is 48.5 Å². The maximum Gasteiger partial charge on any atom is 0.337 e. The standard InChI is InChI=1S/C27H17Cl2NO5/c28-19-10-11-21(23(29)15-19)25(31)30(20-7-2-1-3-8-20)24-12-9-17(14-22(24)27(34)35)16-5-4-6-18(13-16)26(32)33/h1-15H,(H,32,33)(H,34,35). The van der Waals surface area contributed by atoms with Crippen LogP contribution < -0.4 is 4.90 Å². The molecule has 0 unspecified atom stereocenters. The van der Waals surface area contributed by atoms with Gasteiger partial charge < -0.3 is 10.2 Å². The monoisotopic (exact) mass is 505 g/mol. The summed E-state index contributed by atoms with van der Waals surface area (Å²) in [5.74, 6) is -2.89. The topological polar surface area (TPSA) is 94.9 Å². The van der Waals surface area contributed by atoms with E-state index in [9.17, 15) is 24.6 Å². The van der Waals surface area contributed by atoms with Crippen LogP contribution in [0.5, 0.6) is 0 Å². The molecule has 6 nitrogen and oxygen atoms in total. The Morgan fingerprint density at radius 3 is 2.03 bits per heavy atom. The van der Waals surface area contributed by atoms with Gasteiger partial charge in [-0.3, -0.25) is 9.69 Å². The van der Waals surface area contributed by atoms with Gasteiger partial charge in [0, 0.05) is 10.7 Å². The van der Waals surface area contributed by atoms with Crippen LogP contribution in [0.3, 0.4) is 0 Å². The van der Waals surface area contributed by atoms with Crippen LogP contribution >= 0.6 is 23.2 Å². The minimum Gasteiger partial charge on any atom is -0.478 e. The Labute approximate surface area is 210 Å². The Kier molecular flexibility index (Phi) is 6.87. The van der Waals surface area contributed by atoms with Gasteiger partial charge in [-0.15, -0.1) is 0 Å². The maximum absolute atomic E-state index is 13.7. The third kappa shape index (κ3) is 5.04. The summed E-state index contributed by atoms with van der Waals surface area (Å²) in [4.78, 5) is 38.6. The number of rotatable bonds is 6. The molecule has 4 aromatic carbocycles. The summed E-state index contributed by atoms with van der Waals surface area (Å²) >= 11 is 12.3. The van der Waals surface area contributed by atoms with Crippen LogP contribution in [0.2, 0.25) is 10.0 Å². The number of benzene rings is 4. The van der Waals surface area contributed by atoms with Gasteiger partial charge >= 0.3 is 11.9 Å². The van der Waals surface area contributed by atoms with Gasteiger partial charge in [0.15, 0.2) is 0 Å². The molecule has 8 heteroatoms. The SMILES string of the molecule is O=C(O)c1cccc(-c2ccc(N(C(=O)c3ccc(Cl)cc3Cl)c3ccccc3)c(C(=O)O)c2)c1. The molecule has 0 aliphatic heterocycles. The molecular formula is C27H17Cl2NO5. The summed E-state index contributed by atoms with van der Waals surface area (Å²) < 4.78 is 0. The molecule has 0 spiro atoms. The molecule has 0 aliphatic carbocycles. The van der Waals surface area contributed by atoms with Crippen molar-refractivity contribution in [2.45, 2.75) is 0 Å². The molecule has 0 bridgehead atoms. The molecule has 4 rings (SSSR count). The average molecular weight is 506 g/mol. The van der Waals surface area contributed by atoms with E-state index >= 15 is 0 Å². The molecule has 0 aromatic heterocycles. The number of aromatic carboxylic acids is 2. The Bertz CT molecular complexity index is 1450. The van der Waals surface area contributed by atoms with E-state index < -0.39 is 17.8 Å². The summed E-state index contributed by atoms with van der Waals surface area (Å²) in [5, 5.41) is 19.8. The van der Waals surface area contributed by atoms with Gasteiger partial charge in [0.25, 0.3) is 5.91 Å². The highest BCUT2D eigenvalue weighted by atomic mass is 35.5. The van der Waals surface area contributed by atoms with Crippen LogP contribution in [0.25, 0.3) is 11.1 Å². The zero-order valence-corrected chi connectivity index (χ0v) is 19.5. The Morgan fingerprint density at radius 2 is 1.37 bits per heavy atom. The average Bonchev–Trinajstić information content (AvgIpc) is 2.85. The molecule has 174 valence electrons. The van der Waals surface area contributed by atoms with E-state index in [1.165, 1.54) is 47.4 Å². The summed E-state index contributed by atoms with van der Waals surface area (Å²) in [6, 6.07) is 23.8. The highest BCUT2D eigenvalue weighted by Gasteiger charge is 2.26. The molecule has 0 aliphatic rings. The number of halogens is 2. The molecule has 1 amide bonds. The number of nitrogens with zero attached hydrogens (tertiary/aromatic N) is 1.